The molecule has 19 heavy (non-hydrogen) atoms. The molecule has 0 atom stereocenters. The lowest BCUT2D eigenvalue weighted by Gasteiger charge is -2.10. The van der Waals surface area contributed by atoms with E-state index in [0.717, 1.165) is 0 Å². The number of nitro benzene ring substituents is 1. The van der Waals surface area contributed by atoms with Crippen LogP contribution in [0.1, 0.15) is 0 Å². The van der Waals surface area contributed by atoms with Crippen LogP contribution in [0.15, 0.2) is 36.5 Å². The highest BCUT2D eigenvalue weighted by Gasteiger charge is 2.14. The number of nitrogens with two attached hydrogens (primary N) is 1. The van der Waals surface area contributed by atoms with Gasteiger partial charge in [0.2, 0.25) is 5.88 Å². The van der Waals surface area contributed by atoms with Gasteiger partial charge in [0, 0.05) is 12.3 Å². The maximum absolute atomic E-state index is 10.7. The number of anilines is 1. The lowest BCUT2D eigenvalue weighted by atomic mass is 10.3. The zero-order valence-corrected chi connectivity index (χ0v) is 10.1. The molecule has 1 aromatic carbocycles. The first kappa shape index (κ1) is 12.6. The molecule has 7 nitrogen and oxygen atoms in total. The molecule has 0 radical (unpaired) electrons. The fraction of sp³-hybridized carbons (Fsp3) is 0.0833. The molecule has 0 fully saturated rings. The molecule has 0 saturated carbocycles. The second-order valence-electron chi connectivity index (χ2n) is 3.59. The van der Waals surface area contributed by atoms with Crippen LogP contribution in [0.2, 0.25) is 0 Å². The molecule has 0 saturated heterocycles. The number of methoxy groups -OCH3 is 1. The lowest BCUT2D eigenvalue weighted by molar-refractivity contribution is -0.384. The van der Waals surface area contributed by atoms with Crippen molar-refractivity contribution in [3.8, 4) is 17.4 Å². The number of non-ortho nitro benzene ring substituents is 1. The van der Waals surface area contributed by atoms with E-state index in [-0.39, 0.29) is 17.3 Å². The van der Waals surface area contributed by atoms with Gasteiger partial charge in [-0.05, 0) is 18.2 Å². The number of nitro groups is 1. The first-order valence-corrected chi connectivity index (χ1v) is 5.32. The fourth-order valence-corrected chi connectivity index (χ4v) is 1.45. The smallest absolute Gasteiger partial charge is 0.273 e. The van der Waals surface area contributed by atoms with Crippen molar-refractivity contribution >= 4 is 11.4 Å². The molecule has 7 heteroatoms. The third kappa shape index (κ3) is 2.71. The Balaban J connectivity index is 2.35. The van der Waals surface area contributed by atoms with E-state index in [9.17, 15) is 10.1 Å². The summed E-state index contributed by atoms with van der Waals surface area (Å²) in [6.45, 7) is 0. The summed E-state index contributed by atoms with van der Waals surface area (Å²) >= 11 is 0. The Morgan fingerprint density at radius 2 is 2.11 bits per heavy atom. The van der Waals surface area contributed by atoms with Crippen LogP contribution in [-0.2, 0) is 0 Å². The number of ether oxygens (including phenoxy) is 2. The third-order valence-corrected chi connectivity index (χ3v) is 2.37. The average Bonchev–Trinajstić information content (AvgIpc) is 2.41. The first-order valence-electron chi connectivity index (χ1n) is 5.32. The van der Waals surface area contributed by atoms with Crippen LogP contribution in [0.5, 0.6) is 17.4 Å². The van der Waals surface area contributed by atoms with Crippen molar-refractivity contribution in [1.29, 1.82) is 0 Å². The summed E-state index contributed by atoms with van der Waals surface area (Å²) in [6.07, 6.45) is 1.53. The molecule has 0 spiro atoms. The molecule has 0 aliphatic carbocycles. The quantitative estimate of drug-likeness (QED) is 0.669. The van der Waals surface area contributed by atoms with E-state index in [1.165, 1.54) is 31.5 Å². The predicted octanol–water partition coefficient (Wildman–Crippen LogP) is 2.37. The summed E-state index contributed by atoms with van der Waals surface area (Å²) in [5.41, 5.74) is 5.98. The molecular formula is C12H11N3O4. The Hall–Kier alpha value is -2.83. The molecule has 1 heterocycles. The van der Waals surface area contributed by atoms with Gasteiger partial charge < -0.3 is 15.2 Å². The molecule has 2 rings (SSSR count). The second-order valence-corrected chi connectivity index (χ2v) is 3.59. The van der Waals surface area contributed by atoms with Gasteiger partial charge in [0.25, 0.3) is 5.69 Å². The molecule has 1 aromatic heterocycles. The van der Waals surface area contributed by atoms with E-state index in [0.29, 0.717) is 11.4 Å². The SMILES string of the molecule is COc1cc([N+](=O)[O-])ccc1Oc1ncccc1N. The summed E-state index contributed by atoms with van der Waals surface area (Å²) in [7, 11) is 1.40. The van der Waals surface area contributed by atoms with Crippen molar-refractivity contribution in [3.05, 3.63) is 46.6 Å². The molecule has 0 amide bonds. The standard InChI is InChI=1S/C12H11N3O4/c1-18-11-7-8(15(16)17)4-5-10(11)19-12-9(13)3-2-6-14-12/h2-7H,13H2,1H3. The fourth-order valence-electron chi connectivity index (χ4n) is 1.45. The monoisotopic (exact) mass is 261 g/mol. The summed E-state index contributed by atoms with van der Waals surface area (Å²) in [5.74, 6) is 0.757. The van der Waals surface area contributed by atoms with Crippen molar-refractivity contribution in [2.75, 3.05) is 12.8 Å². The van der Waals surface area contributed by atoms with Gasteiger partial charge in [-0.15, -0.1) is 0 Å². The minimum absolute atomic E-state index is 0.0850. The van der Waals surface area contributed by atoms with Crippen LogP contribution in [0, 0.1) is 10.1 Å². The van der Waals surface area contributed by atoms with Crippen molar-refractivity contribution in [3.63, 3.8) is 0 Å². The van der Waals surface area contributed by atoms with Crippen LogP contribution >= 0.6 is 0 Å². The lowest BCUT2D eigenvalue weighted by Crippen LogP contribution is -1.97. The van der Waals surface area contributed by atoms with Gasteiger partial charge in [0.05, 0.1) is 23.8 Å². The van der Waals surface area contributed by atoms with Crippen molar-refractivity contribution in [2.24, 2.45) is 0 Å². The third-order valence-electron chi connectivity index (χ3n) is 2.37. The highest BCUT2D eigenvalue weighted by molar-refractivity contribution is 5.53. The summed E-state index contributed by atoms with van der Waals surface area (Å²) < 4.78 is 10.5. The summed E-state index contributed by atoms with van der Waals surface area (Å²) in [4.78, 5) is 14.1. The Morgan fingerprint density at radius 1 is 1.32 bits per heavy atom. The Kier molecular flexibility index (Phi) is 3.46. The Labute approximate surface area is 108 Å². The highest BCUT2D eigenvalue weighted by atomic mass is 16.6. The first-order chi connectivity index (χ1) is 9.11. The second kappa shape index (κ2) is 5.21. The van der Waals surface area contributed by atoms with Gasteiger partial charge in [-0.3, -0.25) is 10.1 Å². The van der Waals surface area contributed by atoms with Gasteiger partial charge in [-0.2, -0.15) is 0 Å². The maximum atomic E-state index is 10.7. The zero-order valence-electron chi connectivity index (χ0n) is 10.1. The number of benzene rings is 1. The molecule has 2 aromatic rings. The van der Waals surface area contributed by atoms with Crippen LogP contribution in [0.25, 0.3) is 0 Å². The van der Waals surface area contributed by atoms with Crippen molar-refractivity contribution in [2.45, 2.75) is 0 Å². The number of rotatable bonds is 4. The molecule has 2 N–H and O–H groups in total. The van der Waals surface area contributed by atoms with Gasteiger partial charge in [0.15, 0.2) is 11.5 Å². The van der Waals surface area contributed by atoms with E-state index in [2.05, 4.69) is 4.98 Å². The predicted molar refractivity (Wildman–Crippen MR) is 68.4 cm³/mol. The molecule has 98 valence electrons. The number of nitrogen functional groups attached to an aromatic ring is 1. The highest BCUT2D eigenvalue weighted by Crippen LogP contribution is 2.35. The molecular weight excluding hydrogens is 250 g/mol. The number of aromatic nitrogens is 1. The topological polar surface area (TPSA) is 101 Å². The largest absolute Gasteiger partial charge is 0.493 e. The maximum Gasteiger partial charge on any atom is 0.273 e. The van der Waals surface area contributed by atoms with Crippen LogP contribution in [-0.4, -0.2) is 17.0 Å². The molecule has 0 unspecified atom stereocenters. The van der Waals surface area contributed by atoms with Crippen molar-refractivity contribution < 1.29 is 14.4 Å². The number of pyridine rings is 1. The molecule has 0 bridgehead atoms. The van der Waals surface area contributed by atoms with Gasteiger partial charge in [-0.1, -0.05) is 0 Å². The van der Waals surface area contributed by atoms with Gasteiger partial charge in [-0.25, -0.2) is 4.98 Å². The number of nitrogens with zero attached hydrogens (tertiary/aromatic N) is 2. The van der Waals surface area contributed by atoms with Crippen LogP contribution in [0.3, 0.4) is 0 Å². The molecule has 0 aliphatic heterocycles. The Bertz CT molecular complexity index is 616. The van der Waals surface area contributed by atoms with E-state index in [4.69, 9.17) is 15.2 Å². The van der Waals surface area contributed by atoms with Crippen LogP contribution < -0.4 is 15.2 Å². The molecule has 0 aliphatic rings. The van der Waals surface area contributed by atoms with E-state index < -0.39 is 4.92 Å². The summed E-state index contributed by atoms with van der Waals surface area (Å²) in [6, 6.07) is 7.34. The minimum Gasteiger partial charge on any atom is -0.493 e. The van der Waals surface area contributed by atoms with E-state index in [1.54, 1.807) is 12.1 Å². The van der Waals surface area contributed by atoms with Gasteiger partial charge >= 0.3 is 0 Å². The van der Waals surface area contributed by atoms with Crippen molar-refractivity contribution in [1.82, 2.24) is 4.98 Å². The average molecular weight is 261 g/mol. The number of hydrogen-bond donors (Lipinski definition) is 1. The zero-order chi connectivity index (χ0) is 13.8. The van der Waals surface area contributed by atoms with Crippen LogP contribution in [0.4, 0.5) is 11.4 Å². The minimum atomic E-state index is -0.512. The number of hydrogen-bond acceptors (Lipinski definition) is 6. The van der Waals surface area contributed by atoms with Gasteiger partial charge in [0.1, 0.15) is 0 Å². The van der Waals surface area contributed by atoms with E-state index in [1.807, 2.05) is 0 Å². The Morgan fingerprint density at radius 3 is 2.74 bits per heavy atom. The normalized spacial score (nSPS) is 9.95. The summed E-state index contributed by atoms with van der Waals surface area (Å²) in [5, 5.41) is 10.7. The van der Waals surface area contributed by atoms with E-state index >= 15 is 0 Å².